The number of unbranched alkanes of at least 4 members (excludes halogenated alkanes) is 1. The van der Waals surface area contributed by atoms with Crippen LogP contribution in [0.3, 0.4) is 0 Å². The number of oxime groups is 1. The summed E-state index contributed by atoms with van der Waals surface area (Å²) < 4.78 is 0. The van der Waals surface area contributed by atoms with Crippen LogP contribution in [-0.4, -0.2) is 12.8 Å². The van der Waals surface area contributed by atoms with Crippen LogP contribution >= 0.6 is 0 Å². The first-order valence-corrected chi connectivity index (χ1v) is 6.98. The summed E-state index contributed by atoms with van der Waals surface area (Å²) in [5, 5.41) is 3.92. The van der Waals surface area contributed by atoms with Crippen LogP contribution < -0.4 is 0 Å². The highest BCUT2D eigenvalue weighted by Gasteiger charge is 1.95. The van der Waals surface area contributed by atoms with E-state index in [2.05, 4.69) is 38.1 Å². The first-order chi connectivity index (χ1) is 8.60. The molecule has 0 fully saturated rings. The molecule has 0 aromatic rings. The molecule has 0 spiro atoms. The highest BCUT2D eigenvalue weighted by Crippen LogP contribution is 2.11. The molecule has 0 atom stereocenters. The van der Waals surface area contributed by atoms with Crippen molar-refractivity contribution in [2.45, 2.75) is 66.2 Å². The van der Waals surface area contributed by atoms with Gasteiger partial charge < -0.3 is 4.84 Å². The second-order valence-electron chi connectivity index (χ2n) is 4.94. The van der Waals surface area contributed by atoms with E-state index in [1.54, 1.807) is 7.11 Å². The molecule has 0 amide bonds. The van der Waals surface area contributed by atoms with Gasteiger partial charge in [0.2, 0.25) is 0 Å². The molecule has 0 bridgehead atoms. The maximum Gasteiger partial charge on any atom is 0.106 e. The van der Waals surface area contributed by atoms with Crippen LogP contribution in [0.4, 0.5) is 0 Å². The molecule has 0 radical (unpaired) electrons. The SMILES string of the molecule is CCC/C=C(\C)CC/C=C(\C)CC/C(C)=N/OC. The lowest BCUT2D eigenvalue weighted by Crippen LogP contribution is -1.93. The Balaban J connectivity index is 3.87. The van der Waals surface area contributed by atoms with E-state index < -0.39 is 0 Å². The highest BCUT2D eigenvalue weighted by atomic mass is 16.6. The van der Waals surface area contributed by atoms with Crippen LogP contribution in [0, 0.1) is 0 Å². The van der Waals surface area contributed by atoms with Gasteiger partial charge in [-0.05, 0) is 52.9 Å². The van der Waals surface area contributed by atoms with Gasteiger partial charge in [0.15, 0.2) is 0 Å². The van der Waals surface area contributed by atoms with Crippen LogP contribution in [0.15, 0.2) is 28.5 Å². The standard InChI is InChI=1S/C16H29NO/c1-6-7-9-14(2)10-8-11-15(3)12-13-16(4)17-18-5/h9,11H,6-8,10,12-13H2,1-5H3/b14-9+,15-11+,17-16+. The number of rotatable bonds is 9. The Morgan fingerprint density at radius 2 is 1.56 bits per heavy atom. The van der Waals surface area contributed by atoms with E-state index >= 15 is 0 Å². The molecule has 18 heavy (non-hydrogen) atoms. The van der Waals surface area contributed by atoms with Crippen molar-refractivity contribution >= 4 is 5.71 Å². The Morgan fingerprint density at radius 1 is 0.944 bits per heavy atom. The Hall–Kier alpha value is -1.05. The van der Waals surface area contributed by atoms with E-state index in [4.69, 9.17) is 4.84 Å². The summed E-state index contributed by atoms with van der Waals surface area (Å²) >= 11 is 0. The third kappa shape index (κ3) is 10.1. The van der Waals surface area contributed by atoms with Gasteiger partial charge in [0.05, 0.1) is 5.71 Å². The summed E-state index contributed by atoms with van der Waals surface area (Å²) in [4.78, 5) is 4.75. The van der Waals surface area contributed by atoms with Crippen molar-refractivity contribution in [2.24, 2.45) is 5.16 Å². The second-order valence-corrected chi connectivity index (χ2v) is 4.94. The number of hydrogen-bond acceptors (Lipinski definition) is 2. The summed E-state index contributed by atoms with van der Waals surface area (Å²) in [6, 6.07) is 0. The largest absolute Gasteiger partial charge is 0.399 e. The number of allylic oxidation sites excluding steroid dienone is 4. The molecule has 2 heteroatoms. The van der Waals surface area contributed by atoms with Crippen molar-refractivity contribution in [3.63, 3.8) is 0 Å². The number of nitrogens with zero attached hydrogens (tertiary/aromatic N) is 1. The maximum absolute atomic E-state index is 4.75. The van der Waals surface area contributed by atoms with E-state index in [0.717, 1.165) is 25.0 Å². The predicted molar refractivity (Wildman–Crippen MR) is 81.0 cm³/mol. The molecule has 0 aromatic carbocycles. The van der Waals surface area contributed by atoms with Crippen LogP contribution in [0.2, 0.25) is 0 Å². The fraction of sp³-hybridized carbons (Fsp3) is 0.688. The summed E-state index contributed by atoms with van der Waals surface area (Å²) in [5.41, 5.74) is 4.02. The van der Waals surface area contributed by atoms with Crippen molar-refractivity contribution in [3.05, 3.63) is 23.3 Å². The van der Waals surface area contributed by atoms with Gasteiger partial charge in [0, 0.05) is 0 Å². The van der Waals surface area contributed by atoms with Gasteiger partial charge in [-0.25, -0.2) is 0 Å². The average molecular weight is 251 g/mol. The first kappa shape index (κ1) is 16.9. The summed E-state index contributed by atoms with van der Waals surface area (Å²) in [7, 11) is 1.59. The smallest absolute Gasteiger partial charge is 0.106 e. The Kier molecular flexibility index (Phi) is 10.4. The van der Waals surface area contributed by atoms with E-state index in [1.807, 2.05) is 6.92 Å². The average Bonchev–Trinajstić information content (AvgIpc) is 2.34. The molecule has 104 valence electrons. The minimum Gasteiger partial charge on any atom is -0.399 e. The second kappa shape index (κ2) is 11.1. The van der Waals surface area contributed by atoms with Crippen LogP contribution in [-0.2, 0) is 4.84 Å². The molecule has 0 saturated carbocycles. The third-order valence-electron chi connectivity index (χ3n) is 2.94. The van der Waals surface area contributed by atoms with Gasteiger partial charge in [0.25, 0.3) is 0 Å². The van der Waals surface area contributed by atoms with Gasteiger partial charge in [-0.15, -0.1) is 0 Å². The fourth-order valence-electron chi connectivity index (χ4n) is 1.72. The van der Waals surface area contributed by atoms with Crippen molar-refractivity contribution in [2.75, 3.05) is 7.11 Å². The van der Waals surface area contributed by atoms with Crippen LogP contribution in [0.5, 0.6) is 0 Å². The zero-order valence-electron chi connectivity index (χ0n) is 12.8. The molecule has 0 aliphatic rings. The molecular formula is C16H29NO. The summed E-state index contributed by atoms with van der Waals surface area (Å²) in [6.07, 6.45) is 11.6. The summed E-state index contributed by atoms with van der Waals surface area (Å²) in [5.74, 6) is 0. The van der Waals surface area contributed by atoms with E-state index in [1.165, 1.54) is 30.4 Å². The third-order valence-corrected chi connectivity index (χ3v) is 2.94. The Labute approximate surface area is 113 Å². The zero-order chi connectivity index (χ0) is 13.8. The Morgan fingerprint density at radius 3 is 2.17 bits per heavy atom. The normalized spacial score (nSPS) is 13.9. The molecule has 0 rings (SSSR count). The topological polar surface area (TPSA) is 21.6 Å². The highest BCUT2D eigenvalue weighted by molar-refractivity contribution is 5.81. The monoisotopic (exact) mass is 251 g/mol. The minimum absolute atomic E-state index is 0.987. The Bertz CT molecular complexity index is 300. The first-order valence-electron chi connectivity index (χ1n) is 6.98. The maximum atomic E-state index is 4.75. The zero-order valence-corrected chi connectivity index (χ0v) is 12.8. The van der Waals surface area contributed by atoms with Gasteiger partial charge in [0.1, 0.15) is 7.11 Å². The molecule has 0 aromatic heterocycles. The van der Waals surface area contributed by atoms with E-state index in [9.17, 15) is 0 Å². The molecule has 0 saturated heterocycles. The molecule has 0 aliphatic heterocycles. The fourth-order valence-corrected chi connectivity index (χ4v) is 1.72. The predicted octanol–water partition coefficient (Wildman–Crippen LogP) is 5.26. The molecule has 0 N–H and O–H groups in total. The summed E-state index contributed by atoms with van der Waals surface area (Å²) in [6.45, 7) is 8.66. The van der Waals surface area contributed by atoms with Gasteiger partial charge in [-0.3, -0.25) is 0 Å². The quantitative estimate of drug-likeness (QED) is 0.311. The molecular weight excluding hydrogens is 222 g/mol. The van der Waals surface area contributed by atoms with Crippen molar-refractivity contribution in [3.8, 4) is 0 Å². The molecule has 0 heterocycles. The molecule has 0 unspecified atom stereocenters. The van der Waals surface area contributed by atoms with Crippen molar-refractivity contribution < 1.29 is 4.84 Å². The lowest BCUT2D eigenvalue weighted by atomic mass is 10.1. The van der Waals surface area contributed by atoms with E-state index in [-0.39, 0.29) is 0 Å². The van der Waals surface area contributed by atoms with Gasteiger partial charge in [-0.1, -0.05) is 41.8 Å². The minimum atomic E-state index is 0.987. The van der Waals surface area contributed by atoms with Gasteiger partial charge in [-0.2, -0.15) is 0 Å². The molecule has 0 aliphatic carbocycles. The van der Waals surface area contributed by atoms with Crippen LogP contribution in [0.25, 0.3) is 0 Å². The van der Waals surface area contributed by atoms with Crippen molar-refractivity contribution in [1.82, 2.24) is 0 Å². The van der Waals surface area contributed by atoms with E-state index in [0.29, 0.717) is 0 Å². The molecule has 2 nitrogen and oxygen atoms in total. The number of hydrogen-bond donors (Lipinski definition) is 0. The lowest BCUT2D eigenvalue weighted by molar-refractivity contribution is 0.212. The van der Waals surface area contributed by atoms with Gasteiger partial charge >= 0.3 is 0 Å². The van der Waals surface area contributed by atoms with Crippen molar-refractivity contribution in [1.29, 1.82) is 0 Å². The lowest BCUT2D eigenvalue weighted by Gasteiger charge is -2.02. The van der Waals surface area contributed by atoms with Crippen LogP contribution in [0.1, 0.15) is 66.2 Å².